The monoisotopic (exact) mass is 341 g/mol. The van der Waals surface area contributed by atoms with Gasteiger partial charge in [-0.2, -0.15) is 0 Å². The Morgan fingerprint density at radius 3 is 2.68 bits per heavy atom. The molecule has 0 atom stereocenters. The number of anilines is 1. The molecular formula is C18H23N5O2. The van der Waals surface area contributed by atoms with E-state index in [2.05, 4.69) is 20.9 Å². The molecule has 3 N–H and O–H groups in total. The third-order valence-corrected chi connectivity index (χ3v) is 4.47. The van der Waals surface area contributed by atoms with Gasteiger partial charge in [0.15, 0.2) is 0 Å². The van der Waals surface area contributed by atoms with Crippen molar-refractivity contribution in [3.05, 3.63) is 47.5 Å². The maximum absolute atomic E-state index is 12.5. The number of amides is 2. The van der Waals surface area contributed by atoms with Crippen molar-refractivity contribution >= 4 is 17.5 Å². The van der Waals surface area contributed by atoms with Crippen molar-refractivity contribution in [2.24, 2.45) is 7.05 Å². The maximum Gasteiger partial charge on any atom is 0.273 e. The van der Waals surface area contributed by atoms with E-state index in [-0.39, 0.29) is 17.9 Å². The van der Waals surface area contributed by atoms with Crippen molar-refractivity contribution in [1.82, 2.24) is 20.2 Å². The highest BCUT2D eigenvalue weighted by atomic mass is 16.2. The Morgan fingerprint density at radius 1 is 1.24 bits per heavy atom. The molecule has 2 heterocycles. The van der Waals surface area contributed by atoms with E-state index in [0.29, 0.717) is 16.9 Å². The molecular weight excluding hydrogens is 318 g/mol. The number of imidazole rings is 1. The second-order valence-corrected chi connectivity index (χ2v) is 6.37. The van der Waals surface area contributed by atoms with Crippen LogP contribution in [0, 0.1) is 6.92 Å². The van der Waals surface area contributed by atoms with Crippen LogP contribution in [0.25, 0.3) is 0 Å². The number of hydrogen-bond acceptors (Lipinski definition) is 4. The molecule has 2 amide bonds. The lowest BCUT2D eigenvalue weighted by atomic mass is 10.0. The third-order valence-electron chi connectivity index (χ3n) is 4.47. The van der Waals surface area contributed by atoms with Gasteiger partial charge >= 0.3 is 0 Å². The zero-order valence-corrected chi connectivity index (χ0v) is 14.5. The summed E-state index contributed by atoms with van der Waals surface area (Å²) in [7, 11) is 1.76. The van der Waals surface area contributed by atoms with Crippen LogP contribution in [0.2, 0.25) is 0 Å². The van der Waals surface area contributed by atoms with Crippen LogP contribution >= 0.6 is 0 Å². The van der Waals surface area contributed by atoms with E-state index >= 15 is 0 Å². The highest BCUT2D eigenvalue weighted by Gasteiger charge is 2.18. The number of aryl methyl sites for hydroxylation is 2. The number of benzene rings is 1. The number of carbonyl (C=O) groups is 2. The van der Waals surface area contributed by atoms with E-state index in [1.165, 1.54) is 6.20 Å². The van der Waals surface area contributed by atoms with Gasteiger partial charge in [0.25, 0.3) is 11.8 Å². The molecule has 7 nitrogen and oxygen atoms in total. The lowest BCUT2D eigenvalue weighted by molar-refractivity contribution is 0.0928. The SMILES string of the molecule is Cc1ccc(C(=O)NC2CCNCC2)cc1NC(=O)c1cncn1C. The molecule has 1 saturated heterocycles. The summed E-state index contributed by atoms with van der Waals surface area (Å²) in [6.45, 7) is 3.74. The molecule has 132 valence electrons. The largest absolute Gasteiger partial charge is 0.349 e. The first-order valence-electron chi connectivity index (χ1n) is 8.44. The van der Waals surface area contributed by atoms with Gasteiger partial charge in [0.05, 0.1) is 12.5 Å². The molecule has 3 rings (SSSR count). The van der Waals surface area contributed by atoms with Crippen molar-refractivity contribution in [1.29, 1.82) is 0 Å². The van der Waals surface area contributed by atoms with Gasteiger partial charge in [0, 0.05) is 24.3 Å². The minimum atomic E-state index is -0.251. The summed E-state index contributed by atoms with van der Waals surface area (Å²) in [6, 6.07) is 5.55. The van der Waals surface area contributed by atoms with Crippen LogP contribution < -0.4 is 16.0 Å². The summed E-state index contributed by atoms with van der Waals surface area (Å²) in [4.78, 5) is 28.8. The predicted octanol–water partition coefficient (Wildman–Crippen LogP) is 1.46. The van der Waals surface area contributed by atoms with Gasteiger partial charge in [-0.1, -0.05) is 6.07 Å². The summed E-state index contributed by atoms with van der Waals surface area (Å²) in [5, 5.41) is 9.21. The van der Waals surface area contributed by atoms with Crippen molar-refractivity contribution < 1.29 is 9.59 Å². The maximum atomic E-state index is 12.5. The smallest absolute Gasteiger partial charge is 0.273 e. The summed E-state index contributed by atoms with van der Waals surface area (Å²) in [6.07, 6.45) is 4.95. The van der Waals surface area contributed by atoms with Gasteiger partial charge in [-0.05, 0) is 50.6 Å². The summed E-state index contributed by atoms with van der Waals surface area (Å²) >= 11 is 0. The van der Waals surface area contributed by atoms with E-state index in [9.17, 15) is 9.59 Å². The second-order valence-electron chi connectivity index (χ2n) is 6.37. The highest BCUT2D eigenvalue weighted by molar-refractivity contribution is 6.04. The average molecular weight is 341 g/mol. The number of hydrogen-bond donors (Lipinski definition) is 3. The van der Waals surface area contributed by atoms with Gasteiger partial charge in [-0.15, -0.1) is 0 Å². The Labute approximate surface area is 146 Å². The third kappa shape index (κ3) is 4.06. The van der Waals surface area contributed by atoms with E-state index in [1.54, 1.807) is 30.1 Å². The van der Waals surface area contributed by atoms with Gasteiger partial charge in [0.1, 0.15) is 5.69 Å². The molecule has 1 aromatic carbocycles. The number of piperidine rings is 1. The summed E-state index contributed by atoms with van der Waals surface area (Å²) in [5.41, 5.74) is 2.53. The van der Waals surface area contributed by atoms with Crippen LogP contribution in [-0.2, 0) is 7.05 Å². The van der Waals surface area contributed by atoms with Gasteiger partial charge in [-0.3, -0.25) is 9.59 Å². The van der Waals surface area contributed by atoms with E-state index in [0.717, 1.165) is 31.5 Å². The van der Waals surface area contributed by atoms with Crippen molar-refractivity contribution in [3.63, 3.8) is 0 Å². The normalized spacial score (nSPS) is 15.0. The first-order chi connectivity index (χ1) is 12.0. The number of rotatable bonds is 4. The lowest BCUT2D eigenvalue weighted by Gasteiger charge is -2.23. The van der Waals surface area contributed by atoms with Crippen molar-refractivity contribution in [2.45, 2.75) is 25.8 Å². The average Bonchev–Trinajstić information content (AvgIpc) is 3.04. The first-order valence-corrected chi connectivity index (χ1v) is 8.44. The minimum Gasteiger partial charge on any atom is -0.349 e. The minimum absolute atomic E-state index is 0.108. The molecule has 7 heteroatoms. The molecule has 25 heavy (non-hydrogen) atoms. The van der Waals surface area contributed by atoms with Crippen LogP contribution in [-0.4, -0.2) is 40.5 Å². The zero-order valence-electron chi connectivity index (χ0n) is 14.5. The molecule has 1 aliphatic rings. The molecule has 2 aromatic rings. The fourth-order valence-electron chi connectivity index (χ4n) is 2.90. The van der Waals surface area contributed by atoms with Crippen LogP contribution in [0.5, 0.6) is 0 Å². The number of aromatic nitrogens is 2. The standard InChI is InChI=1S/C18H23N5O2/c1-12-3-4-13(17(24)21-14-5-7-19-8-6-14)9-15(12)22-18(25)16-10-20-11-23(16)2/h3-4,9-11,14,19H,5-8H2,1-2H3,(H,21,24)(H,22,25). The molecule has 1 aromatic heterocycles. The molecule has 0 spiro atoms. The molecule has 0 unspecified atom stereocenters. The van der Waals surface area contributed by atoms with Crippen molar-refractivity contribution in [3.8, 4) is 0 Å². The number of nitrogens with zero attached hydrogens (tertiary/aromatic N) is 2. The highest BCUT2D eigenvalue weighted by Crippen LogP contribution is 2.18. The molecule has 0 saturated carbocycles. The number of carbonyl (C=O) groups excluding carboxylic acids is 2. The summed E-state index contributed by atoms with van der Waals surface area (Å²) < 4.78 is 1.65. The Balaban J connectivity index is 1.72. The van der Waals surface area contributed by atoms with Crippen LogP contribution in [0.1, 0.15) is 39.3 Å². The van der Waals surface area contributed by atoms with E-state index < -0.39 is 0 Å². The molecule has 0 radical (unpaired) electrons. The van der Waals surface area contributed by atoms with Gasteiger partial charge < -0.3 is 20.5 Å². The van der Waals surface area contributed by atoms with Crippen LogP contribution in [0.15, 0.2) is 30.7 Å². The second kappa shape index (κ2) is 7.48. The van der Waals surface area contributed by atoms with Crippen LogP contribution in [0.4, 0.5) is 5.69 Å². The Hall–Kier alpha value is -2.67. The molecule has 0 aliphatic carbocycles. The first kappa shape index (κ1) is 17.2. The fourth-order valence-corrected chi connectivity index (χ4v) is 2.90. The van der Waals surface area contributed by atoms with Gasteiger partial charge in [-0.25, -0.2) is 4.98 Å². The van der Waals surface area contributed by atoms with E-state index in [1.807, 2.05) is 13.0 Å². The predicted molar refractivity (Wildman–Crippen MR) is 95.7 cm³/mol. The summed E-state index contributed by atoms with van der Waals surface area (Å²) in [5.74, 6) is -0.359. The van der Waals surface area contributed by atoms with Crippen molar-refractivity contribution in [2.75, 3.05) is 18.4 Å². The Morgan fingerprint density at radius 2 is 2.00 bits per heavy atom. The van der Waals surface area contributed by atoms with Gasteiger partial charge in [0.2, 0.25) is 0 Å². The molecule has 1 fully saturated rings. The van der Waals surface area contributed by atoms with Crippen LogP contribution in [0.3, 0.4) is 0 Å². The quantitative estimate of drug-likeness (QED) is 0.786. The number of nitrogens with one attached hydrogen (secondary N) is 3. The Kier molecular flexibility index (Phi) is 5.14. The topological polar surface area (TPSA) is 88.1 Å². The Bertz CT molecular complexity index is 778. The molecule has 0 bridgehead atoms. The van der Waals surface area contributed by atoms with E-state index in [4.69, 9.17) is 0 Å². The molecule has 1 aliphatic heterocycles. The lowest BCUT2D eigenvalue weighted by Crippen LogP contribution is -2.42. The fraction of sp³-hybridized carbons (Fsp3) is 0.389. The zero-order chi connectivity index (χ0) is 17.8.